The van der Waals surface area contributed by atoms with E-state index in [1.165, 1.54) is 94.8 Å². The van der Waals surface area contributed by atoms with E-state index >= 15 is 0 Å². The zero-order chi connectivity index (χ0) is 82.7. The first-order valence-corrected chi connectivity index (χ1v) is 43.0. The van der Waals surface area contributed by atoms with Crippen LogP contribution in [-0.2, 0) is 0 Å². The lowest BCUT2D eigenvalue weighted by Crippen LogP contribution is -2.06. The number of rotatable bonds is 12. The summed E-state index contributed by atoms with van der Waals surface area (Å²) in [6, 6.07) is 143. The Bertz CT molecular complexity index is 8200. The second kappa shape index (κ2) is 31.6. The molecule has 125 heavy (non-hydrogen) atoms. The van der Waals surface area contributed by atoms with Gasteiger partial charge in [0.25, 0.3) is 0 Å². The Morgan fingerprint density at radius 3 is 0.872 bits per heavy atom. The van der Waals surface area contributed by atoms with Gasteiger partial charge in [-0.2, -0.15) is 9.97 Å². The van der Waals surface area contributed by atoms with Crippen molar-refractivity contribution in [3.05, 3.63) is 419 Å². The van der Waals surface area contributed by atoms with Crippen LogP contribution in [0.2, 0.25) is 0 Å². The Labute approximate surface area is 725 Å². The predicted octanol–water partition coefficient (Wildman–Crippen LogP) is 28.0. The normalized spacial score (nSPS) is 11.5. The Morgan fingerprint density at radius 1 is 0.168 bits per heavy atom. The number of fused-ring (bicyclic) bond motifs is 15. The molecule has 0 fully saturated rings. The van der Waals surface area contributed by atoms with E-state index in [0.29, 0.717) is 52.5 Å². The summed E-state index contributed by atoms with van der Waals surface area (Å²) >= 11 is 3.68. The van der Waals surface area contributed by atoms with Crippen LogP contribution in [0.4, 0.5) is 0 Å². The van der Waals surface area contributed by atoms with Gasteiger partial charge in [-0.3, -0.25) is 9.13 Å². The number of para-hydroxylation sites is 3. The zero-order valence-corrected chi connectivity index (χ0v) is 68.6. The molecule has 0 saturated carbocycles. The van der Waals surface area contributed by atoms with Crippen molar-refractivity contribution in [1.29, 1.82) is 0 Å². The molecule has 0 aliphatic rings. The van der Waals surface area contributed by atoms with Crippen LogP contribution >= 0.6 is 22.7 Å². The maximum absolute atomic E-state index is 5.04. The fourth-order valence-corrected chi connectivity index (χ4v) is 19.3. The van der Waals surface area contributed by atoms with E-state index in [9.17, 15) is 0 Å². The maximum atomic E-state index is 5.04. The first-order valence-electron chi connectivity index (χ1n) is 41.4. The van der Waals surface area contributed by atoms with Gasteiger partial charge in [-0.25, -0.2) is 39.9 Å². The summed E-state index contributed by atoms with van der Waals surface area (Å²) in [6.45, 7) is 0. The first kappa shape index (κ1) is 73.7. The quantitative estimate of drug-likeness (QED) is 0.116. The molecule has 0 aliphatic heterocycles. The van der Waals surface area contributed by atoms with E-state index in [1.54, 1.807) is 0 Å². The fraction of sp³-hybridized carbons (Fsp3) is 0. The van der Waals surface area contributed by atoms with Gasteiger partial charge >= 0.3 is 0 Å². The summed E-state index contributed by atoms with van der Waals surface area (Å²) < 4.78 is 12.0. The molecule has 0 unspecified atom stereocenters. The molecule has 15 heteroatoms. The number of pyridine rings is 1. The van der Waals surface area contributed by atoms with E-state index in [4.69, 9.17) is 49.8 Å². The summed E-state index contributed by atoms with van der Waals surface area (Å²) in [7, 11) is 0. The molecule has 25 aromatic rings. The molecule has 0 amide bonds. The number of thiophene rings is 2. The van der Waals surface area contributed by atoms with Crippen LogP contribution in [0.3, 0.4) is 0 Å². The summed E-state index contributed by atoms with van der Waals surface area (Å²) in [4.78, 5) is 49.2. The third kappa shape index (κ3) is 13.7. The lowest BCUT2D eigenvalue weighted by molar-refractivity contribution is 0.954. The molecule has 0 bridgehead atoms. The standard InChI is InChI=1S/C39H24N4S.C38H25N5.C33H20N4S/c1-3-11-25(12-4-1)37-40-38(26-13-5-2-6-14-26)42-39(41-37)27-19-21-28(22-20-27)43-33-17-9-7-15-29(33)31-23-32-30-16-8-10-18-35(30)44-36(32)24-34(31)43;1-4-12-26(13-5-1)29-20-22-32-31-18-10-11-19-33(31)43(34(32)24-29)35-23-21-30(25-39-35)38-41-36(27-14-6-2-7-15-27)40-37(42-38)28-16-8-3-9-17-28;1-3-11-21(12-4-1)31-34-32(22-13-5-2-6-14-22)36-33(35-31)37-27-17-9-7-15-23(27)25-19-26-24-16-8-10-18-29(24)38-30(26)20-28(25)37/h1-24H;1-25H;1-20H. The summed E-state index contributed by atoms with van der Waals surface area (Å²) in [5, 5.41) is 12.5. The molecule has 0 spiro atoms. The Morgan fingerprint density at radius 2 is 0.464 bits per heavy atom. The monoisotopic (exact) mass is 1640 g/mol. The number of aromatic nitrogens is 13. The number of benzene rings is 16. The third-order valence-corrected chi connectivity index (χ3v) is 25.3. The molecular weight excluding hydrogens is 1570 g/mol. The predicted molar refractivity (Wildman–Crippen MR) is 515 cm³/mol. The Hall–Kier alpha value is -16.5. The molecule has 0 N–H and O–H groups in total. The van der Waals surface area contributed by atoms with Crippen LogP contribution in [0.5, 0.6) is 0 Å². The second-order valence-electron chi connectivity index (χ2n) is 30.6. The lowest BCUT2D eigenvalue weighted by Gasteiger charge is -2.11. The van der Waals surface area contributed by atoms with Gasteiger partial charge in [-0.05, 0) is 108 Å². The Kier molecular flexibility index (Phi) is 18.6. The van der Waals surface area contributed by atoms with Crippen LogP contribution in [0.25, 0.3) is 225 Å². The molecule has 25 rings (SSSR count). The van der Waals surface area contributed by atoms with E-state index in [0.717, 1.165) is 78.1 Å². The minimum Gasteiger partial charge on any atom is -0.309 e. The highest BCUT2D eigenvalue weighted by molar-refractivity contribution is 7.26. The molecule has 9 aromatic heterocycles. The van der Waals surface area contributed by atoms with Crippen molar-refractivity contribution in [3.63, 3.8) is 0 Å². The summed E-state index contributed by atoms with van der Waals surface area (Å²) in [5.41, 5.74) is 17.7. The molecule has 16 aromatic carbocycles. The van der Waals surface area contributed by atoms with Crippen LogP contribution in [0, 0.1) is 0 Å². The SMILES string of the molecule is c1ccc(-c2ccc3c4ccccc4n(-c4ccc(-c5nc(-c6ccccc6)nc(-c6ccccc6)n5)cn4)c3c2)cc1.c1ccc(-c2nc(-c3ccccc3)nc(-c3ccc(-n4c5ccccc5c5cc6c(cc54)sc4ccccc46)cc3)n2)cc1.c1ccc(-c2nc(-c3ccccc3)nc(-n3c4ccccc4c4cc5c(cc43)sc3ccccc35)n2)cc1. The van der Waals surface area contributed by atoms with E-state index < -0.39 is 0 Å². The summed E-state index contributed by atoms with van der Waals surface area (Å²) in [5.74, 6) is 6.57. The molecule has 13 nitrogen and oxygen atoms in total. The highest BCUT2D eigenvalue weighted by Crippen LogP contribution is 2.44. The number of nitrogens with zero attached hydrogens (tertiary/aromatic N) is 13. The van der Waals surface area contributed by atoms with E-state index in [2.05, 4.69) is 226 Å². The van der Waals surface area contributed by atoms with Crippen molar-refractivity contribution in [1.82, 2.24) is 63.5 Å². The van der Waals surface area contributed by atoms with Crippen molar-refractivity contribution in [2.45, 2.75) is 0 Å². The topological polar surface area (TPSA) is 144 Å². The highest BCUT2D eigenvalue weighted by atomic mass is 32.1. The van der Waals surface area contributed by atoms with E-state index in [1.807, 2.05) is 229 Å². The second-order valence-corrected chi connectivity index (χ2v) is 32.8. The molecule has 0 saturated heterocycles. The third-order valence-electron chi connectivity index (χ3n) is 23.0. The van der Waals surface area contributed by atoms with Gasteiger partial charge in [0.1, 0.15) is 5.82 Å². The molecule has 0 aliphatic carbocycles. The first-order chi connectivity index (χ1) is 61.9. The lowest BCUT2D eigenvalue weighted by atomic mass is 10.0. The minimum absolute atomic E-state index is 0.584. The fourth-order valence-electron chi connectivity index (χ4n) is 17.1. The van der Waals surface area contributed by atoms with Gasteiger partial charge in [0.15, 0.2) is 46.6 Å². The summed E-state index contributed by atoms with van der Waals surface area (Å²) in [6.07, 6.45) is 1.86. The van der Waals surface area contributed by atoms with Gasteiger partial charge in [0, 0.05) is 129 Å². The van der Waals surface area contributed by atoms with Crippen LogP contribution < -0.4 is 0 Å². The van der Waals surface area contributed by atoms with Crippen LogP contribution in [0.15, 0.2) is 419 Å². The number of hydrogen-bond acceptors (Lipinski definition) is 12. The van der Waals surface area contributed by atoms with Gasteiger partial charge < -0.3 is 4.57 Å². The van der Waals surface area contributed by atoms with Gasteiger partial charge in [-0.1, -0.05) is 315 Å². The molecular formula is C110H69N13S2. The maximum Gasteiger partial charge on any atom is 0.238 e. The average Bonchev–Trinajstić information content (AvgIpc) is 1.58. The minimum atomic E-state index is 0.584. The Balaban J connectivity index is 0.000000108. The van der Waals surface area contributed by atoms with Crippen molar-refractivity contribution in [3.8, 4) is 120 Å². The van der Waals surface area contributed by atoms with Gasteiger partial charge in [0.2, 0.25) is 5.95 Å². The van der Waals surface area contributed by atoms with Crippen molar-refractivity contribution < 1.29 is 0 Å². The van der Waals surface area contributed by atoms with E-state index in [-0.39, 0.29) is 0 Å². The van der Waals surface area contributed by atoms with Crippen molar-refractivity contribution in [2.24, 2.45) is 0 Å². The van der Waals surface area contributed by atoms with Gasteiger partial charge in [-0.15, -0.1) is 22.7 Å². The van der Waals surface area contributed by atoms with Crippen LogP contribution in [0.1, 0.15) is 0 Å². The van der Waals surface area contributed by atoms with Crippen molar-refractivity contribution >= 4 is 128 Å². The molecule has 0 atom stereocenters. The average molecular weight is 1640 g/mol. The molecule has 586 valence electrons. The van der Waals surface area contributed by atoms with Crippen molar-refractivity contribution in [2.75, 3.05) is 0 Å². The zero-order valence-electron chi connectivity index (χ0n) is 67.0. The van der Waals surface area contributed by atoms with Crippen LogP contribution in [-0.4, -0.2) is 63.5 Å². The smallest absolute Gasteiger partial charge is 0.238 e. The largest absolute Gasteiger partial charge is 0.309 e. The molecule has 0 radical (unpaired) electrons. The number of hydrogen-bond donors (Lipinski definition) is 0. The van der Waals surface area contributed by atoms with Gasteiger partial charge in [0.05, 0.1) is 33.1 Å². The highest BCUT2D eigenvalue weighted by Gasteiger charge is 2.24. The molecule has 9 heterocycles.